The molecule has 0 saturated carbocycles. The van der Waals surface area contributed by atoms with E-state index in [-0.39, 0.29) is 31.3 Å². The topological polar surface area (TPSA) is 113 Å². The molecule has 0 aromatic heterocycles. The fourth-order valence-electron chi connectivity index (χ4n) is 1.76. The highest BCUT2D eigenvalue weighted by Crippen LogP contribution is 2.25. The molecule has 0 aromatic rings. The first-order chi connectivity index (χ1) is 6.94. The van der Waals surface area contributed by atoms with Gasteiger partial charge in [0.1, 0.15) is 5.54 Å². The van der Waals surface area contributed by atoms with Crippen LogP contribution in [0.15, 0.2) is 0 Å². The Morgan fingerprint density at radius 1 is 1.56 bits per heavy atom. The fraction of sp³-hybridized carbons (Fsp3) is 0.875. The first-order valence-corrected chi connectivity index (χ1v) is 4.90. The van der Waals surface area contributed by atoms with E-state index in [1.807, 2.05) is 0 Å². The predicted molar refractivity (Wildman–Crippen MR) is 60.3 cm³/mol. The molecule has 16 heavy (non-hydrogen) atoms. The van der Waals surface area contributed by atoms with Gasteiger partial charge in [0, 0.05) is 6.61 Å². The number of nitrogens with two attached hydrogens (primary N) is 1. The number of carboxylic acid groups (broad SMARTS) is 1. The summed E-state index contributed by atoms with van der Waals surface area (Å²) in [6.45, 7) is 0.444. The van der Waals surface area contributed by atoms with Gasteiger partial charge in [0.2, 0.25) is 0 Å². The number of carbonyl (C=O) groups is 1. The summed E-state index contributed by atoms with van der Waals surface area (Å²) < 4.78 is 5.12. The summed E-state index contributed by atoms with van der Waals surface area (Å²) in [6.07, 6.45) is 1.03. The van der Waals surface area contributed by atoms with Crippen LogP contribution in [-0.2, 0) is 9.53 Å². The first kappa shape index (κ1) is 15.7. The third-order valence-electron chi connectivity index (χ3n) is 2.63. The minimum Gasteiger partial charge on any atom is -0.480 e. The lowest BCUT2D eigenvalue weighted by molar-refractivity contribution is -0.150. The minimum absolute atomic E-state index is 0. The molecule has 0 aromatic carbocycles. The van der Waals surface area contributed by atoms with Crippen LogP contribution >= 0.6 is 12.4 Å². The molecule has 94 valence electrons. The van der Waals surface area contributed by atoms with E-state index in [9.17, 15) is 4.79 Å². The van der Waals surface area contributed by atoms with Crippen molar-refractivity contribution in [2.75, 3.05) is 13.2 Å². The van der Waals surface area contributed by atoms with E-state index in [1.54, 1.807) is 0 Å². The third-order valence-corrected chi connectivity index (χ3v) is 2.63. The number of rotatable bonds is 4. The van der Waals surface area contributed by atoms with Crippen LogP contribution in [0, 0.1) is 5.92 Å². The van der Waals surface area contributed by atoms with Crippen LogP contribution < -0.4 is 5.73 Å². The Balaban J connectivity index is 0.00000225. The average molecular weight is 253 g/mol. The van der Waals surface area contributed by atoms with E-state index < -0.39 is 18.6 Å². The quantitative estimate of drug-likeness (QED) is 0.483. The molecule has 1 saturated heterocycles. The van der Waals surface area contributed by atoms with Crippen LogP contribution in [-0.4, -0.2) is 47.0 Å². The lowest BCUT2D eigenvalue weighted by Gasteiger charge is -2.34. The van der Waals surface area contributed by atoms with Gasteiger partial charge in [-0.1, -0.05) is 0 Å². The summed E-state index contributed by atoms with van der Waals surface area (Å²) in [4.78, 5) is 10.9. The molecule has 1 fully saturated rings. The van der Waals surface area contributed by atoms with Crippen molar-refractivity contribution in [1.29, 1.82) is 0 Å². The van der Waals surface area contributed by atoms with Gasteiger partial charge < -0.3 is 25.6 Å². The van der Waals surface area contributed by atoms with E-state index in [1.165, 1.54) is 0 Å². The molecule has 6 nitrogen and oxygen atoms in total. The van der Waals surface area contributed by atoms with Crippen LogP contribution in [0.4, 0.5) is 0 Å². The maximum atomic E-state index is 10.9. The highest BCUT2D eigenvalue weighted by atomic mass is 35.5. The van der Waals surface area contributed by atoms with Crippen molar-refractivity contribution in [3.8, 4) is 0 Å². The summed E-state index contributed by atoms with van der Waals surface area (Å²) in [6, 6.07) is 0. The van der Waals surface area contributed by atoms with Crippen molar-refractivity contribution in [1.82, 2.24) is 0 Å². The molecule has 0 amide bonds. The van der Waals surface area contributed by atoms with Gasteiger partial charge in [0.25, 0.3) is 0 Å². The molecule has 0 spiro atoms. The van der Waals surface area contributed by atoms with Crippen molar-refractivity contribution in [2.45, 2.75) is 24.7 Å². The number of hydrogen-bond donors (Lipinski definition) is 4. The number of aliphatic carboxylic acids is 1. The molecule has 1 heterocycles. The van der Waals surface area contributed by atoms with Crippen LogP contribution in [0.1, 0.15) is 12.8 Å². The Morgan fingerprint density at radius 3 is 2.69 bits per heavy atom. The summed E-state index contributed by atoms with van der Waals surface area (Å²) >= 11 is 0. The van der Waals surface area contributed by atoms with E-state index in [4.69, 9.17) is 25.6 Å². The molecule has 0 aliphatic carbocycles. The normalized spacial score (nSPS) is 29.3. The largest absolute Gasteiger partial charge is 0.480 e. The Hall–Kier alpha value is -0.335. The lowest BCUT2D eigenvalue weighted by atomic mass is 9.77. The average Bonchev–Trinajstić information content (AvgIpc) is 2.15. The number of hydrogen-bond acceptors (Lipinski definition) is 5. The zero-order chi connectivity index (χ0) is 11.5. The molecule has 1 aliphatic rings. The van der Waals surface area contributed by atoms with Gasteiger partial charge in [-0.15, -0.1) is 12.4 Å². The first-order valence-electron chi connectivity index (χ1n) is 4.90. The maximum Gasteiger partial charge on any atom is 0.451 e. The highest BCUT2D eigenvalue weighted by Gasteiger charge is 2.40. The van der Waals surface area contributed by atoms with Crippen LogP contribution in [0.5, 0.6) is 0 Å². The minimum atomic E-state index is -1.36. The van der Waals surface area contributed by atoms with Gasteiger partial charge in [-0.3, -0.25) is 4.79 Å². The van der Waals surface area contributed by atoms with Gasteiger partial charge in [0.15, 0.2) is 0 Å². The molecule has 5 N–H and O–H groups in total. The predicted octanol–water partition coefficient (Wildman–Crippen LogP) is -0.910. The number of ether oxygens (including phenoxy) is 1. The van der Waals surface area contributed by atoms with Gasteiger partial charge in [-0.05, 0) is 25.1 Å². The van der Waals surface area contributed by atoms with Gasteiger partial charge >= 0.3 is 13.1 Å². The molecule has 8 heteroatoms. The molecule has 0 bridgehead atoms. The molecular formula is C8H17BClNO5. The monoisotopic (exact) mass is 253 g/mol. The Kier molecular flexibility index (Phi) is 6.28. The zero-order valence-corrected chi connectivity index (χ0v) is 9.65. The van der Waals surface area contributed by atoms with Crippen LogP contribution in [0.25, 0.3) is 0 Å². The lowest BCUT2D eigenvalue weighted by Crippen LogP contribution is -2.56. The molecule has 2 atom stereocenters. The molecule has 0 unspecified atom stereocenters. The SMILES string of the molecule is Cl.N[C@@]1(C(=O)O)COC[C@H](CCB(O)O)C1. The second-order valence-corrected chi connectivity index (χ2v) is 4.10. The van der Waals surface area contributed by atoms with Crippen molar-refractivity contribution >= 4 is 25.5 Å². The second-order valence-electron chi connectivity index (χ2n) is 4.10. The number of halogens is 1. The van der Waals surface area contributed by atoms with Crippen LogP contribution in [0.2, 0.25) is 6.32 Å². The summed E-state index contributed by atoms with van der Waals surface area (Å²) in [5, 5.41) is 26.3. The summed E-state index contributed by atoms with van der Waals surface area (Å²) in [5.74, 6) is -1.10. The van der Waals surface area contributed by atoms with E-state index >= 15 is 0 Å². The van der Waals surface area contributed by atoms with E-state index in [2.05, 4.69) is 0 Å². The van der Waals surface area contributed by atoms with E-state index in [0.29, 0.717) is 19.4 Å². The van der Waals surface area contributed by atoms with Crippen molar-refractivity contribution in [3.63, 3.8) is 0 Å². The summed E-state index contributed by atoms with van der Waals surface area (Å²) in [5.41, 5.74) is 4.32. The Bertz CT molecular complexity index is 242. The van der Waals surface area contributed by atoms with Crippen molar-refractivity contribution in [3.05, 3.63) is 0 Å². The van der Waals surface area contributed by atoms with Crippen molar-refractivity contribution in [2.24, 2.45) is 11.7 Å². The van der Waals surface area contributed by atoms with Crippen LogP contribution in [0.3, 0.4) is 0 Å². The van der Waals surface area contributed by atoms with Gasteiger partial charge in [-0.25, -0.2) is 0 Å². The molecular weight excluding hydrogens is 236 g/mol. The Morgan fingerprint density at radius 2 is 2.19 bits per heavy atom. The van der Waals surface area contributed by atoms with Gasteiger partial charge in [-0.2, -0.15) is 0 Å². The smallest absolute Gasteiger partial charge is 0.451 e. The fourth-order valence-corrected chi connectivity index (χ4v) is 1.76. The highest BCUT2D eigenvalue weighted by molar-refractivity contribution is 6.40. The molecule has 1 rings (SSSR count). The number of carboxylic acids is 1. The molecule has 0 radical (unpaired) electrons. The second kappa shape index (κ2) is 6.41. The maximum absolute atomic E-state index is 10.9. The summed E-state index contributed by atoms with van der Waals surface area (Å²) in [7, 11) is -1.36. The molecule has 1 aliphatic heterocycles. The standard InChI is InChI=1S/C8H16BNO5.ClH/c10-8(7(11)12)3-6(4-15-5-8)1-2-9(13)14;/h6,13-14H,1-5,10H2,(H,11,12);1H/t6-,8-;/m1./s1. The Labute approximate surface area is 100 Å². The van der Waals surface area contributed by atoms with Gasteiger partial charge in [0.05, 0.1) is 6.61 Å². The van der Waals surface area contributed by atoms with E-state index in [0.717, 1.165) is 0 Å². The van der Waals surface area contributed by atoms with Crippen molar-refractivity contribution < 1.29 is 24.7 Å². The zero-order valence-electron chi connectivity index (χ0n) is 8.83. The third kappa shape index (κ3) is 4.27.